The molecule has 0 spiro atoms. The predicted molar refractivity (Wildman–Crippen MR) is 80.1 cm³/mol. The second-order valence-electron chi connectivity index (χ2n) is 4.30. The minimum Gasteiger partial charge on any atom is -0.349 e. The van der Waals surface area contributed by atoms with Crippen LogP contribution >= 0.6 is 11.6 Å². The molecule has 1 aromatic heterocycles. The lowest BCUT2D eigenvalue weighted by molar-refractivity contribution is -0.114. The first-order valence-electron chi connectivity index (χ1n) is 6.09. The van der Waals surface area contributed by atoms with Gasteiger partial charge in [-0.05, 0) is 30.3 Å². The summed E-state index contributed by atoms with van der Waals surface area (Å²) in [6, 6.07) is 12.0. The Morgan fingerprint density at radius 1 is 1.38 bits per heavy atom. The third kappa shape index (κ3) is 4.16. The first-order valence-corrected chi connectivity index (χ1v) is 6.46. The summed E-state index contributed by atoms with van der Waals surface area (Å²) < 4.78 is 0. The maximum absolute atomic E-state index is 11.9. The van der Waals surface area contributed by atoms with Crippen LogP contribution in [-0.2, 0) is 4.79 Å². The number of amides is 1. The zero-order chi connectivity index (χ0) is 15.2. The van der Waals surface area contributed by atoms with E-state index in [1.54, 1.807) is 48.3 Å². The van der Waals surface area contributed by atoms with Crippen molar-refractivity contribution in [2.45, 2.75) is 0 Å². The number of nitrogens with one attached hydrogen (secondary N) is 1. The molecular weight excluding hydrogens is 290 g/mol. The van der Waals surface area contributed by atoms with Gasteiger partial charge in [0.1, 0.15) is 6.07 Å². The number of hydrogen-bond acceptors (Lipinski definition) is 5. The first-order chi connectivity index (χ1) is 10.1. The molecule has 21 heavy (non-hydrogen) atoms. The van der Waals surface area contributed by atoms with Crippen molar-refractivity contribution in [3.05, 3.63) is 47.1 Å². The Labute approximate surface area is 127 Å². The Morgan fingerprint density at radius 2 is 2.19 bits per heavy atom. The summed E-state index contributed by atoms with van der Waals surface area (Å²) in [5, 5.41) is 19.5. The molecular formula is C14H12ClN5O. The van der Waals surface area contributed by atoms with Crippen molar-refractivity contribution in [3.8, 4) is 6.07 Å². The molecule has 7 heteroatoms. The Morgan fingerprint density at radius 3 is 2.81 bits per heavy atom. The number of nitriles is 1. The second-order valence-corrected chi connectivity index (χ2v) is 4.74. The lowest BCUT2D eigenvalue weighted by Crippen LogP contribution is -2.30. The van der Waals surface area contributed by atoms with Crippen molar-refractivity contribution in [2.24, 2.45) is 0 Å². The van der Waals surface area contributed by atoms with Gasteiger partial charge in [-0.25, -0.2) is 0 Å². The van der Waals surface area contributed by atoms with Gasteiger partial charge in [-0.15, -0.1) is 10.2 Å². The summed E-state index contributed by atoms with van der Waals surface area (Å²) >= 11 is 5.85. The lowest BCUT2D eigenvalue weighted by atomic mass is 10.3. The lowest BCUT2D eigenvalue weighted by Gasteiger charge is -2.16. The van der Waals surface area contributed by atoms with Crippen molar-refractivity contribution in [2.75, 3.05) is 23.8 Å². The molecule has 0 saturated heterocycles. The van der Waals surface area contributed by atoms with Crippen LogP contribution < -0.4 is 10.2 Å². The fourth-order valence-corrected chi connectivity index (χ4v) is 1.84. The van der Waals surface area contributed by atoms with E-state index in [-0.39, 0.29) is 18.1 Å². The van der Waals surface area contributed by atoms with Gasteiger partial charge in [0, 0.05) is 17.8 Å². The molecule has 1 amide bonds. The van der Waals surface area contributed by atoms with E-state index in [4.69, 9.17) is 16.9 Å². The maximum atomic E-state index is 11.9. The van der Waals surface area contributed by atoms with E-state index in [2.05, 4.69) is 15.5 Å². The highest BCUT2D eigenvalue weighted by Gasteiger charge is 2.09. The van der Waals surface area contributed by atoms with E-state index in [0.29, 0.717) is 16.5 Å². The fraction of sp³-hybridized carbons (Fsp3) is 0.143. The molecule has 106 valence electrons. The topological polar surface area (TPSA) is 81.9 Å². The number of aromatic nitrogens is 2. The number of halogens is 1. The molecule has 2 aromatic rings. The monoisotopic (exact) mass is 301 g/mol. The van der Waals surface area contributed by atoms with Crippen molar-refractivity contribution in [1.29, 1.82) is 5.26 Å². The fourth-order valence-electron chi connectivity index (χ4n) is 1.65. The SMILES string of the molecule is CN(CC(=O)Nc1cccc(Cl)c1)c1ccc(C#N)nn1. The summed E-state index contributed by atoms with van der Waals surface area (Å²) in [5.41, 5.74) is 0.863. The average molecular weight is 302 g/mol. The highest BCUT2D eigenvalue weighted by atomic mass is 35.5. The third-order valence-corrected chi connectivity index (χ3v) is 2.88. The van der Waals surface area contributed by atoms with Gasteiger partial charge in [0.2, 0.25) is 5.91 Å². The largest absolute Gasteiger partial charge is 0.349 e. The molecule has 0 unspecified atom stereocenters. The second kappa shape index (κ2) is 6.68. The van der Waals surface area contributed by atoms with Gasteiger partial charge in [-0.1, -0.05) is 17.7 Å². The molecule has 0 fully saturated rings. The number of carbonyl (C=O) groups is 1. The van der Waals surface area contributed by atoms with Crippen molar-refractivity contribution >= 4 is 29.0 Å². The minimum absolute atomic E-state index is 0.104. The zero-order valence-corrected chi connectivity index (χ0v) is 12.0. The van der Waals surface area contributed by atoms with Gasteiger partial charge in [0.25, 0.3) is 0 Å². The van der Waals surface area contributed by atoms with Crippen LogP contribution in [0.2, 0.25) is 5.02 Å². The van der Waals surface area contributed by atoms with Crippen LogP contribution in [0, 0.1) is 11.3 Å². The highest BCUT2D eigenvalue weighted by molar-refractivity contribution is 6.30. The summed E-state index contributed by atoms with van der Waals surface area (Å²) in [5.74, 6) is 0.307. The molecule has 6 nitrogen and oxygen atoms in total. The normalized spacial score (nSPS) is 9.76. The molecule has 1 N–H and O–H groups in total. The van der Waals surface area contributed by atoms with Crippen LogP contribution in [0.4, 0.5) is 11.5 Å². The smallest absolute Gasteiger partial charge is 0.243 e. The van der Waals surface area contributed by atoms with Crippen LogP contribution in [0.3, 0.4) is 0 Å². The Bertz CT molecular complexity index is 681. The number of benzene rings is 1. The van der Waals surface area contributed by atoms with Gasteiger partial charge in [0.05, 0.1) is 6.54 Å². The number of hydrogen-bond donors (Lipinski definition) is 1. The summed E-state index contributed by atoms with van der Waals surface area (Å²) in [6.45, 7) is 0.104. The number of rotatable bonds is 4. The van der Waals surface area contributed by atoms with E-state index >= 15 is 0 Å². The van der Waals surface area contributed by atoms with Gasteiger partial charge in [0.15, 0.2) is 11.5 Å². The first kappa shape index (κ1) is 14.8. The quantitative estimate of drug-likeness (QED) is 0.935. The van der Waals surface area contributed by atoms with E-state index in [1.165, 1.54) is 0 Å². The Kier molecular flexibility index (Phi) is 4.69. The number of nitrogens with zero attached hydrogens (tertiary/aromatic N) is 4. The third-order valence-electron chi connectivity index (χ3n) is 2.65. The molecule has 0 aliphatic heterocycles. The summed E-state index contributed by atoms with van der Waals surface area (Å²) in [6.07, 6.45) is 0. The number of likely N-dealkylation sites (N-methyl/N-ethyl adjacent to an activating group) is 1. The molecule has 2 rings (SSSR count). The van der Waals surface area contributed by atoms with Crippen LogP contribution in [0.5, 0.6) is 0 Å². The van der Waals surface area contributed by atoms with Gasteiger partial charge >= 0.3 is 0 Å². The van der Waals surface area contributed by atoms with Gasteiger partial charge in [-0.2, -0.15) is 5.26 Å². The van der Waals surface area contributed by atoms with E-state index in [0.717, 1.165) is 0 Å². The van der Waals surface area contributed by atoms with Crippen molar-refractivity contribution in [1.82, 2.24) is 10.2 Å². The molecule has 0 bridgehead atoms. The predicted octanol–water partition coefficient (Wildman–Crippen LogP) is 2.08. The number of anilines is 2. The molecule has 1 heterocycles. The molecule has 0 radical (unpaired) electrons. The van der Waals surface area contributed by atoms with E-state index < -0.39 is 0 Å². The zero-order valence-electron chi connectivity index (χ0n) is 11.2. The molecule has 1 aromatic carbocycles. The number of carbonyl (C=O) groups excluding carboxylic acids is 1. The Balaban J connectivity index is 1.97. The van der Waals surface area contributed by atoms with Crippen LogP contribution in [0.1, 0.15) is 5.69 Å². The summed E-state index contributed by atoms with van der Waals surface area (Å²) in [7, 11) is 1.72. The van der Waals surface area contributed by atoms with E-state index in [1.807, 2.05) is 6.07 Å². The average Bonchev–Trinajstić information content (AvgIpc) is 2.47. The van der Waals surface area contributed by atoms with Crippen LogP contribution in [-0.4, -0.2) is 29.7 Å². The molecule has 0 saturated carbocycles. The van der Waals surface area contributed by atoms with E-state index in [9.17, 15) is 4.79 Å². The Hall–Kier alpha value is -2.65. The standard InChI is InChI=1S/C14H12ClN5O/c1-20(13-6-5-12(8-16)18-19-13)9-14(21)17-11-4-2-3-10(15)7-11/h2-7H,9H2,1H3,(H,17,21). The maximum Gasteiger partial charge on any atom is 0.243 e. The van der Waals surface area contributed by atoms with Gasteiger partial charge in [-0.3, -0.25) is 4.79 Å². The van der Waals surface area contributed by atoms with Crippen molar-refractivity contribution in [3.63, 3.8) is 0 Å². The highest BCUT2D eigenvalue weighted by Crippen LogP contribution is 2.15. The van der Waals surface area contributed by atoms with Gasteiger partial charge < -0.3 is 10.2 Å². The van der Waals surface area contributed by atoms with Crippen LogP contribution in [0.15, 0.2) is 36.4 Å². The summed E-state index contributed by atoms with van der Waals surface area (Å²) in [4.78, 5) is 13.6. The van der Waals surface area contributed by atoms with Crippen LogP contribution in [0.25, 0.3) is 0 Å². The molecule has 0 atom stereocenters. The minimum atomic E-state index is -0.203. The molecule has 0 aliphatic carbocycles. The molecule has 0 aliphatic rings. The van der Waals surface area contributed by atoms with Crippen molar-refractivity contribution < 1.29 is 4.79 Å².